The molecule has 0 radical (unpaired) electrons. The number of halogens is 1. The minimum absolute atomic E-state index is 0.0422. The van der Waals surface area contributed by atoms with Gasteiger partial charge in [0.05, 0.1) is 5.38 Å². The Morgan fingerprint density at radius 1 is 1.44 bits per heavy atom. The fourth-order valence-electron chi connectivity index (χ4n) is 1.62. The maximum absolute atomic E-state index is 11.6. The molecule has 0 saturated carbocycles. The van der Waals surface area contributed by atoms with Gasteiger partial charge in [-0.1, -0.05) is 13.8 Å². The first-order valence-corrected chi connectivity index (χ1v) is 8.16. The lowest BCUT2D eigenvalue weighted by atomic mass is 10.1. The third-order valence-corrected chi connectivity index (χ3v) is 3.85. The van der Waals surface area contributed by atoms with Crippen LogP contribution in [0.5, 0.6) is 0 Å². The van der Waals surface area contributed by atoms with Gasteiger partial charge in [0.1, 0.15) is 10.7 Å². The van der Waals surface area contributed by atoms with Crippen LogP contribution in [0.25, 0.3) is 0 Å². The van der Waals surface area contributed by atoms with Crippen LogP contribution in [0.3, 0.4) is 0 Å². The van der Waals surface area contributed by atoms with Crippen molar-refractivity contribution in [1.82, 2.24) is 4.98 Å². The van der Waals surface area contributed by atoms with Gasteiger partial charge in [-0.05, 0) is 24.5 Å². The van der Waals surface area contributed by atoms with Crippen molar-refractivity contribution in [2.45, 2.75) is 30.5 Å². The van der Waals surface area contributed by atoms with Gasteiger partial charge in [0, 0.05) is 19.0 Å². The number of aromatic nitrogens is 1. The largest absolute Gasteiger partial charge is 0.368 e. The number of nitrogens with one attached hydrogen (secondary N) is 1. The number of anilines is 1. The Bertz CT molecular complexity index is 489. The van der Waals surface area contributed by atoms with Crippen LogP contribution in [0, 0.1) is 5.92 Å². The first-order valence-electron chi connectivity index (χ1n) is 5.83. The highest BCUT2D eigenvalue weighted by molar-refractivity contribution is 7.90. The zero-order chi connectivity index (χ0) is 13.8. The first-order chi connectivity index (χ1) is 8.30. The number of rotatable bonds is 6. The summed E-state index contributed by atoms with van der Waals surface area (Å²) in [6.45, 7) is 4.69. The van der Waals surface area contributed by atoms with Crippen molar-refractivity contribution in [3.63, 3.8) is 0 Å². The van der Waals surface area contributed by atoms with Crippen molar-refractivity contribution in [3.8, 4) is 0 Å². The Labute approximate surface area is 114 Å². The summed E-state index contributed by atoms with van der Waals surface area (Å²) in [6.07, 6.45) is 3.60. The molecule has 1 N–H and O–H groups in total. The number of hydrogen-bond donors (Lipinski definition) is 1. The molecular formula is C12H19ClN2O2S. The molecule has 1 aromatic heterocycles. The molecule has 0 aliphatic rings. The Kier molecular flexibility index (Phi) is 5.41. The van der Waals surface area contributed by atoms with Crippen LogP contribution in [0.4, 0.5) is 5.82 Å². The number of hydrogen-bond acceptors (Lipinski definition) is 4. The van der Waals surface area contributed by atoms with E-state index in [1.165, 1.54) is 12.3 Å². The van der Waals surface area contributed by atoms with Gasteiger partial charge in [-0.25, -0.2) is 13.4 Å². The SMILES string of the molecule is CC(C)CC(Cl)CNc1ncccc1S(C)(=O)=O. The molecule has 1 rings (SSSR count). The van der Waals surface area contributed by atoms with E-state index >= 15 is 0 Å². The molecule has 0 saturated heterocycles. The van der Waals surface area contributed by atoms with Crippen LogP contribution in [0.15, 0.2) is 23.2 Å². The van der Waals surface area contributed by atoms with E-state index in [0.29, 0.717) is 18.3 Å². The fraction of sp³-hybridized carbons (Fsp3) is 0.583. The van der Waals surface area contributed by atoms with E-state index in [1.54, 1.807) is 12.3 Å². The maximum Gasteiger partial charge on any atom is 0.179 e. The molecule has 0 amide bonds. The molecule has 1 heterocycles. The summed E-state index contributed by atoms with van der Waals surface area (Å²) in [6, 6.07) is 3.14. The third-order valence-electron chi connectivity index (χ3n) is 2.39. The second kappa shape index (κ2) is 6.38. The molecule has 0 aliphatic carbocycles. The van der Waals surface area contributed by atoms with Gasteiger partial charge in [0.25, 0.3) is 0 Å². The van der Waals surface area contributed by atoms with Crippen molar-refractivity contribution in [2.75, 3.05) is 18.1 Å². The Hall–Kier alpha value is -0.810. The number of pyridine rings is 1. The summed E-state index contributed by atoms with van der Waals surface area (Å²) >= 11 is 6.15. The number of sulfone groups is 1. The summed E-state index contributed by atoms with van der Waals surface area (Å²) in [4.78, 5) is 4.25. The molecule has 4 nitrogen and oxygen atoms in total. The standard InChI is InChI=1S/C12H19ClN2O2S/c1-9(2)7-10(13)8-15-12-11(18(3,16)17)5-4-6-14-12/h4-6,9-10H,7-8H2,1-3H3,(H,14,15). The predicted octanol–water partition coefficient (Wildman–Crippen LogP) is 2.55. The van der Waals surface area contributed by atoms with Gasteiger partial charge in [0.15, 0.2) is 9.84 Å². The van der Waals surface area contributed by atoms with Crippen LogP contribution < -0.4 is 5.32 Å². The average Bonchev–Trinajstić information content (AvgIpc) is 2.24. The molecule has 0 bridgehead atoms. The van der Waals surface area contributed by atoms with Crippen LogP contribution in [0.2, 0.25) is 0 Å². The molecule has 0 spiro atoms. The molecule has 1 atom stereocenters. The summed E-state index contributed by atoms with van der Waals surface area (Å²) in [5.74, 6) is 0.877. The Balaban J connectivity index is 2.74. The molecule has 0 fully saturated rings. The maximum atomic E-state index is 11.6. The van der Waals surface area contributed by atoms with Crippen molar-refractivity contribution in [3.05, 3.63) is 18.3 Å². The summed E-state index contributed by atoms with van der Waals surface area (Å²) in [5, 5.41) is 2.96. The summed E-state index contributed by atoms with van der Waals surface area (Å²) < 4.78 is 23.1. The minimum atomic E-state index is -3.27. The number of alkyl halides is 1. The number of nitrogens with zero attached hydrogens (tertiary/aromatic N) is 1. The van der Waals surface area contributed by atoms with Crippen LogP contribution >= 0.6 is 11.6 Å². The summed E-state index contributed by atoms with van der Waals surface area (Å²) in [5.41, 5.74) is 0. The van der Waals surface area contributed by atoms with E-state index in [-0.39, 0.29) is 10.3 Å². The van der Waals surface area contributed by atoms with Crippen LogP contribution in [0.1, 0.15) is 20.3 Å². The fourth-order valence-corrected chi connectivity index (χ4v) is 2.86. The van der Waals surface area contributed by atoms with E-state index in [1.807, 2.05) is 0 Å². The predicted molar refractivity (Wildman–Crippen MR) is 74.9 cm³/mol. The summed E-state index contributed by atoms with van der Waals surface area (Å²) in [7, 11) is -3.27. The smallest absolute Gasteiger partial charge is 0.179 e. The first kappa shape index (κ1) is 15.2. The highest BCUT2D eigenvalue weighted by atomic mass is 35.5. The van der Waals surface area contributed by atoms with E-state index in [4.69, 9.17) is 11.6 Å². The molecule has 1 unspecified atom stereocenters. The molecule has 0 aliphatic heterocycles. The van der Waals surface area contributed by atoms with Crippen molar-refractivity contribution in [2.24, 2.45) is 5.92 Å². The van der Waals surface area contributed by atoms with E-state index < -0.39 is 9.84 Å². The van der Waals surface area contributed by atoms with Crippen LogP contribution in [-0.2, 0) is 9.84 Å². The highest BCUT2D eigenvalue weighted by Gasteiger charge is 2.15. The van der Waals surface area contributed by atoms with E-state index in [2.05, 4.69) is 24.1 Å². The van der Waals surface area contributed by atoms with Gasteiger partial charge in [-0.15, -0.1) is 11.6 Å². The lowest BCUT2D eigenvalue weighted by molar-refractivity contribution is 0.571. The van der Waals surface area contributed by atoms with Gasteiger partial charge in [-0.2, -0.15) is 0 Å². The molecule has 1 aromatic rings. The van der Waals surface area contributed by atoms with Gasteiger partial charge in [0.2, 0.25) is 0 Å². The van der Waals surface area contributed by atoms with Gasteiger partial charge in [-0.3, -0.25) is 0 Å². The normalized spacial score (nSPS) is 13.6. The quantitative estimate of drug-likeness (QED) is 0.818. The lowest BCUT2D eigenvalue weighted by Crippen LogP contribution is -2.18. The molecule has 18 heavy (non-hydrogen) atoms. The second-order valence-corrected chi connectivity index (χ2v) is 7.33. The van der Waals surface area contributed by atoms with Crippen molar-refractivity contribution < 1.29 is 8.42 Å². The lowest BCUT2D eigenvalue weighted by Gasteiger charge is -2.14. The monoisotopic (exact) mass is 290 g/mol. The van der Waals surface area contributed by atoms with Crippen molar-refractivity contribution in [1.29, 1.82) is 0 Å². The molecular weight excluding hydrogens is 272 g/mol. The van der Waals surface area contributed by atoms with Crippen LogP contribution in [-0.4, -0.2) is 31.6 Å². The topological polar surface area (TPSA) is 59.1 Å². The zero-order valence-electron chi connectivity index (χ0n) is 10.9. The van der Waals surface area contributed by atoms with E-state index in [0.717, 1.165) is 6.42 Å². The zero-order valence-corrected chi connectivity index (χ0v) is 12.4. The second-order valence-electron chi connectivity index (χ2n) is 4.73. The Morgan fingerprint density at radius 2 is 2.11 bits per heavy atom. The Morgan fingerprint density at radius 3 is 2.67 bits per heavy atom. The third kappa shape index (κ3) is 4.82. The minimum Gasteiger partial charge on any atom is -0.368 e. The average molecular weight is 291 g/mol. The van der Waals surface area contributed by atoms with Gasteiger partial charge < -0.3 is 5.32 Å². The van der Waals surface area contributed by atoms with Crippen molar-refractivity contribution >= 4 is 27.3 Å². The molecule has 102 valence electrons. The highest BCUT2D eigenvalue weighted by Crippen LogP contribution is 2.19. The molecule has 0 aromatic carbocycles. The van der Waals surface area contributed by atoms with E-state index in [9.17, 15) is 8.42 Å². The van der Waals surface area contributed by atoms with Gasteiger partial charge >= 0.3 is 0 Å². The molecule has 6 heteroatoms.